The second kappa shape index (κ2) is 10.4. The van der Waals surface area contributed by atoms with Crippen LogP contribution in [0, 0.1) is 0 Å². The standard InChI is InChI=1S/C26H29N3O3/c1-3-31-25(30)15-19(2)29-14-13-24-22(17-29)16-27-26(28-24)21-9-11-23(12-10-21)32-18-20-7-5-4-6-8-20/h4-12,16,19H,3,13-15,17-18H2,1-2H3. The molecule has 3 aromatic rings. The van der Waals surface area contributed by atoms with Crippen LogP contribution in [0.15, 0.2) is 60.8 Å². The third kappa shape index (κ3) is 5.51. The van der Waals surface area contributed by atoms with Crippen molar-refractivity contribution in [1.82, 2.24) is 14.9 Å². The molecule has 0 saturated heterocycles. The molecule has 32 heavy (non-hydrogen) atoms. The molecule has 0 N–H and O–H groups in total. The van der Waals surface area contributed by atoms with E-state index in [1.165, 1.54) is 0 Å². The fourth-order valence-corrected chi connectivity index (χ4v) is 3.88. The van der Waals surface area contributed by atoms with Crippen LogP contribution in [0.1, 0.15) is 37.1 Å². The van der Waals surface area contributed by atoms with Crippen LogP contribution < -0.4 is 4.74 Å². The highest BCUT2D eigenvalue weighted by atomic mass is 16.5. The molecule has 1 aliphatic heterocycles. The molecule has 6 heteroatoms. The van der Waals surface area contributed by atoms with Gasteiger partial charge < -0.3 is 9.47 Å². The summed E-state index contributed by atoms with van der Waals surface area (Å²) < 4.78 is 11.0. The number of ether oxygens (including phenoxy) is 2. The van der Waals surface area contributed by atoms with Gasteiger partial charge in [0.25, 0.3) is 0 Å². The summed E-state index contributed by atoms with van der Waals surface area (Å²) in [5.41, 5.74) is 4.32. The highest BCUT2D eigenvalue weighted by Crippen LogP contribution is 2.24. The lowest BCUT2D eigenvalue weighted by Crippen LogP contribution is -2.39. The monoisotopic (exact) mass is 431 g/mol. The van der Waals surface area contributed by atoms with Crippen molar-refractivity contribution in [3.63, 3.8) is 0 Å². The molecular formula is C26H29N3O3. The van der Waals surface area contributed by atoms with Gasteiger partial charge in [0.1, 0.15) is 12.4 Å². The summed E-state index contributed by atoms with van der Waals surface area (Å²) in [6, 6.07) is 18.2. The zero-order valence-corrected chi connectivity index (χ0v) is 18.7. The SMILES string of the molecule is CCOC(=O)CC(C)N1CCc2nc(-c3ccc(OCc4ccccc4)cc3)ncc2C1. The van der Waals surface area contributed by atoms with Crippen LogP contribution in [0.25, 0.3) is 11.4 Å². The Morgan fingerprint density at radius 2 is 1.91 bits per heavy atom. The van der Waals surface area contributed by atoms with Crippen molar-refractivity contribution in [3.05, 3.63) is 77.6 Å². The van der Waals surface area contributed by atoms with E-state index in [0.29, 0.717) is 19.6 Å². The molecule has 2 heterocycles. The zero-order chi connectivity index (χ0) is 22.3. The van der Waals surface area contributed by atoms with Gasteiger partial charge in [-0.25, -0.2) is 9.97 Å². The fourth-order valence-electron chi connectivity index (χ4n) is 3.88. The van der Waals surface area contributed by atoms with E-state index < -0.39 is 0 Å². The molecule has 2 aromatic carbocycles. The first-order valence-electron chi connectivity index (χ1n) is 11.1. The van der Waals surface area contributed by atoms with Crippen molar-refractivity contribution in [2.45, 2.75) is 45.9 Å². The smallest absolute Gasteiger partial charge is 0.307 e. The fraction of sp³-hybridized carbons (Fsp3) is 0.346. The molecule has 1 aromatic heterocycles. The quantitative estimate of drug-likeness (QED) is 0.492. The third-order valence-electron chi connectivity index (χ3n) is 5.72. The minimum absolute atomic E-state index is 0.130. The Labute approximate surface area is 189 Å². The molecule has 4 rings (SSSR count). The molecule has 0 spiro atoms. The van der Waals surface area contributed by atoms with E-state index in [1.54, 1.807) is 0 Å². The highest BCUT2D eigenvalue weighted by molar-refractivity contribution is 5.70. The van der Waals surface area contributed by atoms with Crippen molar-refractivity contribution in [2.24, 2.45) is 0 Å². The van der Waals surface area contributed by atoms with Crippen molar-refractivity contribution in [1.29, 1.82) is 0 Å². The van der Waals surface area contributed by atoms with Crippen molar-refractivity contribution < 1.29 is 14.3 Å². The van der Waals surface area contributed by atoms with E-state index in [9.17, 15) is 4.79 Å². The Hall–Kier alpha value is -3.25. The topological polar surface area (TPSA) is 64.5 Å². The molecule has 1 atom stereocenters. The lowest BCUT2D eigenvalue weighted by molar-refractivity contribution is -0.144. The molecule has 0 aliphatic carbocycles. The molecule has 0 saturated carbocycles. The molecule has 0 bridgehead atoms. The van der Waals surface area contributed by atoms with Crippen LogP contribution in [0.2, 0.25) is 0 Å². The van der Waals surface area contributed by atoms with Gasteiger partial charge in [-0.05, 0) is 43.7 Å². The van der Waals surface area contributed by atoms with Gasteiger partial charge in [0, 0.05) is 42.9 Å². The van der Waals surface area contributed by atoms with Gasteiger partial charge in [0.05, 0.1) is 18.7 Å². The number of aromatic nitrogens is 2. The Morgan fingerprint density at radius 3 is 2.66 bits per heavy atom. The normalized spacial score (nSPS) is 14.4. The second-order valence-electron chi connectivity index (χ2n) is 8.04. The number of rotatable bonds is 8. The van der Waals surface area contributed by atoms with Crippen LogP contribution in [0.4, 0.5) is 0 Å². The summed E-state index contributed by atoms with van der Waals surface area (Å²) in [6.07, 6.45) is 3.16. The summed E-state index contributed by atoms with van der Waals surface area (Å²) in [5.74, 6) is 1.40. The first-order chi connectivity index (χ1) is 15.6. The van der Waals surface area contributed by atoms with Crippen LogP contribution in [0.3, 0.4) is 0 Å². The number of fused-ring (bicyclic) bond motifs is 1. The Balaban J connectivity index is 1.37. The molecular weight excluding hydrogens is 402 g/mol. The summed E-state index contributed by atoms with van der Waals surface area (Å²) in [5, 5.41) is 0. The van der Waals surface area contributed by atoms with Crippen molar-refractivity contribution in [3.8, 4) is 17.1 Å². The van der Waals surface area contributed by atoms with Gasteiger partial charge in [-0.3, -0.25) is 9.69 Å². The summed E-state index contributed by atoms with van der Waals surface area (Å²) in [4.78, 5) is 23.5. The average Bonchev–Trinajstić information content (AvgIpc) is 2.83. The second-order valence-corrected chi connectivity index (χ2v) is 8.04. The van der Waals surface area contributed by atoms with E-state index in [1.807, 2.05) is 67.7 Å². The van der Waals surface area contributed by atoms with Gasteiger partial charge >= 0.3 is 5.97 Å². The van der Waals surface area contributed by atoms with Crippen molar-refractivity contribution >= 4 is 5.97 Å². The van der Waals surface area contributed by atoms with Gasteiger partial charge in [-0.1, -0.05) is 30.3 Å². The number of nitrogens with zero attached hydrogens (tertiary/aromatic N) is 3. The minimum Gasteiger partial charge on any atom is -0.489 e. The first kappa shape index (κ1) is 22.0. The number of carbonyl (C=O) groups excluding carboxylic acids is 1. The summed E-state index contributed by atoms with van der Waals surface area (Å²) >= 11 is 0. The van der Waals surface area contributed by atoms with Gasteiger partial charge in [0.15, 0.2) is 5.82 Å². The molecule has 0 fully saturated rings. The minimum atomic E-state index is -0.145. The van der Waals surface area contributed by atoms with Gasteiger partial charge in [0.2, 0.25) is 0 Å². The van der Waals surface area contributed by atoms with Crippen LogP contribution >= 0.6 is 0 Å². The molecule has 6 nitrogen and oxygen atoms in total. The number of hydrogen-bond acceptors (Lipinski definition) is 6. The number of hydrogen-bond donors (Lipinski definition) is 0. The van der Waals surface area contributed by atoms with E-state index in [-0.39, 0.29) is 12.0 Å². The third-order valence-corrected chi connectivity index (χ3v) is 5.72. The predicted octanol–water partition coefficient (Wildman–Crippen LogP) is 4.42. The van der Waals surface area contributed by atoms with Crippen LogP contribution in [-0.4, -0.2) is 40.0 Å². The zero-order valence-electron chi connectivity index (χ0n) is 18.7. The maximum Gasteiger partial charge on any atom is 0.307 e. The van der Waals surface area contributed by atoms with Crippen LogP contribution in [0.5, 0.6) is 5.75 Å². The summed E-state index contributed by atoms with van der Waals surface area (Å²) in [7, 11) is 0. The lowest BCUT2D eigenvalue weighted by Gasteiger charge is -2.32. The molecule has 1 unspecified atom stereocenters. The van der Waals surface area contributed by atoms with Crippen LogP contribution in [-0.2, 0) is 29.1 Å². The van der Waals surface area contributed by atoms with E-state index >= 15 is 0 Å². The largest absolute Gasteiger partial charge is 0.489 e. The summed E-state index contributed by atoms with van der Waals surface area (Å²) in [6.45, 7) is 6.49. The number of esters is 1. The highest BCUT2D eigenvalue weighted by Gasteiger charge is 2.24. The van der Waals surface area contributed by atoms with E-state index in [2.05, 4.69) is 16.8 Å². The molecule has 0 amide bonds. The number of benzene rings is 2. The maximum absolute atomic E-state index is 11.8. The molecule has 0 radical (unpaired) electrons. The predicted molar refractivity (Wildman–Crippen MR) is 123 cm³/mol. The molecule has 166 valence electrons. The van der Waals surface area contributed by atoms with E-state index in [4.69, 9.17) is 14.5 Å². The van der Waals surface area contributed by atoms with Crippen molar-refractivity contribution in [2.75, 3.05) is 13.2 Å². The maximum atomic E-state index is 11.8. The van der Waals surface area contributed by atoms with Gasteiger partial charge in [-0.15, -0.1) is 0 Å². The number of carbonyl (C=O) groups is 1. The van der Waals surface area contributed by atoms with E-state index in [0.717, 1.165) is 53.5 Å². The average molecular weight is 432 g/mol. The Morgan fingerprint density at radius 1 is 1.12 bits per heavy atom. The first-order valence-corrected chi connectivity index (χ1v) is 11.1. The lowest BCUT2D eigenvalue weighted by atomic mass is 10.0. The Kier molecular flexibility index (Phi) is 7.12. The Bertz CT molecular complexity index is 1040. The van der Waals surface area contributed by atoms with Gasteiger partial charge in [-0.2, -0.15) is 0 Å². The molecule has 1 aliphatic rings.